The van der Waals surface area contributed by atoms with Crippen LogP contribution in [0.25, 0.3) is 0 Å². The second kappa shape index (κ2) is 18.9. The van der Waals surface area contributed by atoms with E-state index in [9.17, 15) is 0 Å². The molecule has 4 nitrogen and oxygen atoms in total. The van der Waals surface area contributed by atoms with Crippen molar-refractivity contribution >= 4 is 40.0 Å². The van der Waals surface area contributed by atoms with Crippen LogP contribution in [0.2, 0.25) is 0 Å². The van der Waals surface area contributed by atoms with Gasteiger partial charge in [-0.2, -0.15) is 8.42 Å². The largest absolute Gasteiger partial charge is 0.394 e. The first-order valence-corrected chi connectivity index (χ1v) is 8.30. The minimum Gasteiger partial charge on any atom is -0.264 e. The summed E-state index contributed by atoms with van der Waals surface area (Å²) in [5.41, 5.74) is 0. The summed E-state index contributed by atoms with van der Waals surface area (Å²) in [4.78, 5) is 0. The molecule has 0 saturated heterocycles. The maximum Gasteiger partial charge on any atom is 0.394 e. The van der Waals surface area contributed by atoms with Gasteiger partial charge in [-0.1, -0.05) is 84.5 Å². The average Bonchev–Trinajstić information content (AvgIpc) is 2.25. The molecule has 19 heavy (non-hydrogen) atoms. The molecule has 0 rings (SSSR count). The van der Waals surface area contributed by atoms with Crippen molar-refractivity contribution in [2.24, 2.45) is 0 Å². The van der Waals surface area contributed by atoms with Crippen molar-refractivity contribution < 1.29 is 17.5 Å². The van der Waals surface area contributed by atoms with Gasteiger partial charge in [0.2, 0.25) is 0 Å². The van der Waals surface area contributed by atoms with Crippen LogP contribution < -0.4 is 0 Å². The Kier molecular flexibility index (Phi) is 24.7. The fourth-order valence-corrected chi connectivity index (χ4v) is 1.66. The van der Waals surface area contributed by atoms with Crippen LogP contribution in [0.5, 0.6) is 0 Å². The first-order chi connectivity index (χ1) is 8.41. The molecular formula is C13H29NaO4S. The molecule has 0 aliphatic carbocycles. The Hall–Kier alpha value is 0.870. The molecule has 0 aromatic rings. The maximum absolute atomic E-state index is 8.74. The predicted molar refractivity (Wildman–Crippen MR) is 81.7 cm³/mol. The molecule has 0 unspecified atom stereocenters. The zero-order chi connectivity index (χ0) is 14.3. The summed E-state index contributed by atoms with van der Waals surface area (Å²) >= 11 is 0. The molecular weight excluding hydrogens is 275 g/mol. The molecule has 0 aliphatic heterocycles. The maximum atomic E-state index is 8.74. The van der Waals surface area contributed by atoms with Crippen molar-refractivity contribution in [3.63, 3.8) is 0 Å². The van der Waals surface area contributed by atoms with Gasteiger partial charge >= 0.3 is 10.4 Å². The third-order valence-electron chi connectivity index (χ3n) is 2.60. The van der Waals surface area contributed by atoms with Gasteiger partial charge in [0.1, 0.15) is 0 Å². The standard InChI is InChI=1S/C13H27.Na.H2O4S/c1-3-5-7-9-11-13-12-10-8-6-4-2;;1-5(2,3)4/h1,3-13H2,2H3;;(H2,1,2,3,4). The van der Waals surface area contributed by atoms with E-state index < -0.39 is 10.4 Å². The predicted octanol–water partition coefficient (Wildman–Crippen LogP) is 4.10. The fourth-order valence-electron chi connectivity index (χ4n) is 1.66. The Morgan fingerprint density at radius 1 is 0.789 bits per heavy atom. The fraction of sp³-hybridized carbons (Fsp3) is 0.923. The molecule has 0 heterocycles. The van der Waals surface area contributed by atoms with Crippen molar-refractivity contribution in [1.29, 1.82) is 0 Å². The summed E-state index contributed by atoms with van der Waals surface area (Å²) in [5, 5.41) is 0. The Labute approximate surface area is 141 Å². The molecule has 0 aromatic heterocycles. The van der Waals surface area contributed by atoms with E-state index in [0.717, 1.165) is 6.42 Å². The SMILES string of the molecule is O=S(=O)(O)O.[CH2]CCCCCCCCCCCC.[Na]. The molecule has 0 atom stereocenters. The van der Waals surface area contributed by atoms with Crippen molar-refractivity contribution in [1.82, 2.24) is 0 Å². The van der Waals surface area contributed by atoms with Crippen LogP contribution in [0, 0.1) is 6.92 Å². The molecule has 6 heteroatoms. The van der Waals surface area contributed by atoms with Gasteiger partial charge in [-0.25, -0.2) is 0 Å². The van der Waals surface area contributed by atoms with E-state index in [1.165, 1.54) is 64.2 Å². The second-order valence-electron chi connectivity index (χ2n) is 4.48. The van der Waals surface area contributed by atoms with E-state index >= 15 is 0 Å². The molecule has 0 saturated carbocycles. The Morgan fingerprint density at radius 3 is 1.32 bits per heavy atom. The van der Waals surface area contributed by atoms with Gasteiger partial charge in [-0.05, 0) is 0 Å². The molecule has 0 spiro atoms. The molecule has 0 amide bonds. The Bertz CT molecular complexity index is 225. The average molecular weight is 304 g/mol. The third kappa shape index (κ3) is 45.5. The molecule has 112 valence electrons. The van der Waals surface area contributed by atoms with Crippen molar-refractivity contribution in [2.75, 3.05) is 0 Å². The molecule has 0 bridgehead atoms. The van der Waals surface area contributed by atoms with E-state index in [2.05, 4.69) is 13.8 Å². The van der Waals surface area contributed by atoms with Crippen molar-refractivity contribution in [3.05, 3.63) is 6.92 Å². The van der Waals surface area contributed by atoms with E-state index in [-0.39, 0.29) is 29.6 Å². The smallest absolute Gasteiger partial charge is 0.264 e. The minimum absolute atomic E-state index is 0. The zero-order valence-electron chi connectivity index (χ0n) is 12.6. The number of unbranched alkanes of at least 4 members (excludes halogenated alkanes) is 10. The number of hydrogen-bond acceptors (Lipinski definition) is 2. The molecule has 2 N–H and O–H groups in total. The monoisotopic (exact) mass is 304 g/mol. The number of hydrogen-bond donors (Lipinski definition) is 2. The summed E-state index contributed by atoms with van der Waals surface area (Å²) in [5.74, 6) is 0. The molecule has 0 fully saturated rings. The van der Waals surface area contributed by atoms with Crippen LogP contribution in [0.1, 0.15) is 77.6 Å². The third-order valence-corrected chi connectivity index (χ3v) is 2.60. The molecule has 0 aliphatic rings. The topological polar surface area (TPSA) is 74.6 Å². The summed E-state index contributed by atoms with van der Waals surface area (Å²) in [6.07, 6.45) is 15.4. The van der Waals surface area contributed by atoms with Gasteiger partial charge in [0.25, 0.3) is 0 Å². The quantitative estimate of drug-likeness (QED) is 0.362. The molecule has 2 radical (unpaired) electrons. The summed E-state index contributed by atoms with van der Waals surface area (Å²) in [6.45, 7) is 6.13. The van der Waals surface area contributed by atoms with Crippen molar-refractivity contribution in [2.45, 2.75) is 77.6 Å². The van der Waals surface area contributed by atoms with E-state index in [1.54, 1.807) is 0 Å². The summed E-state index contributed by atoms with van der Waals surface area (Å²) in [7, 11) is -4.67. The van der Waals surface area contributed by atoms with Crippen LogP contribution in [-0.4, -0.2) is 47.1 Å². The van der Waals surface area contributed by atoms with Gasteiger partial charge in [-0.15, -0.1) is 0 Å². The van der Waals surface area contributed by atoms with Gasteiger partial charge < -0.3 is 0 Å². The van der Waals surface area contributed by atoms with Crippen LogP contribution in [-0.2, 0) is 10.4 Å². The van der Waals surface area contributed by atoms with Crippen LogP contribution in [0.15, 0.2) is 0 Å². The van der Waals surface area contributed by atoms with E-state index in [4.69, 9.17) is 17.5 Å². The van der Waals surface area contributed by atoms with Gasteiger partial charge in [0.05, 0.1) is 0 Å². The molecule has 0 aromatic carbocycles. The second-order valence-corrected chi connectivity index (χ2v) is 5.38. The van der Waals surface area contributed by atoms with Crippen LogP contribution in [0.4, 0.5) is 0 Å². The van der Waals surface area contributed by atoms with E-state index in [0.29, 0.717) is 0 Å². The van der Waals surface area contributed by atoms with Crippen molar-refractivity contribution in [3.8, 4) is 0 Å². The van der Waals surface area contributed by atoms with Gasteiger partial charge in [0, 0.05) is 29.6 Å². The Balaban J connectivity index is -0.000000366. The minimum atomic E-state index is -4.67. The number of rotatable bonds is 10. The van der Waals surface area contributed by atoms with E-state index in [1.807, 2.05) is 0 Å². The summed E-state index contributed by atoms with van der Waals surface area (Å²) in [6, 6.07) is 0. The van der Waals surface area contributed by atoms with Gasteiger partial charge in [-0.3, -0.25) is 9.11 Å². The first kappa shape index (κ1) is 24.9. The normalized spacial score (nSPS) is 10.3. The Morgan fingerprint density at radius 2 is 1.05 bits per heavy atom. The summed E-state index contributed by atoms with van der Waals surface area (Å²) < 4.78 is 31.6. The van der Waals surface area contributed by atoms with Crippen LogP contribution in [0.3, 0.4) is 0 Å². The van der Waals surface area contributed by atoms with Gasteiger partial charge in [0.15, 0.2) is 0 Å². The zero-order valence-corrected chi connectivity index (χ0v) is 15.4. The van der Waals surface area contributed by atoms with Crippen LogP contribution >= 0.6 is 0 Å². The first-order valence-electron chi connectivity index (χ1n) is 6.91.